The van der Waals surface area contributed by atoms with Gasteiger partial charge in [0.05, 0.1) is 0 Å². The van der Waals surface area contributed by atoms with E-state index in [2.05, 4.69) is 43.7 Å². The Bertz CT molecular complexity index is 264. The summed E-state index contributed by atoms with van der Waals surface area (Å²) in [7, 11) is -3.42. The van der Waals surface area contributed by atoms with Gasteiger partial charge in [-0.1, -0.05) is 35.1 Å². The molecule has 0 bridgehead atoms. The first kappa shape index (κ1) is 13.7. The highest BCUT2D eigenvalue weighted by molar-refractivity contribution is 6.98. The Balaban J connectivity index is 5.39. The molecule has 0 aromatic carbocycles. The molecule has 0 aliphatic heterocycles. The van der Waals surface area contributed by atoms with Crippen LogP contribution < -0.4 is 0 Å². The van der Waals surface area contributed by atoms with Crippen LogP contribution in [0.15, 0.2) is 74.2 Å². The maximum atomic E-state index is 3.88. The molecule has 0 saturated heterocycles. The lowest BCUT2D eigenvalue weighted by Gasteiger charge is -2.38. The smallest absolute Gasteiger partial charge is 0.221 e. The minimum Gasteiger partial charge on any atom is -0.418 e. The van der Waals surface area contributed by atoms with Gasteiger partial charge in [0.25, 0.3) is 0 Å². The van der Waals surface area contributed by atoms with Crippen LogP contribution in [-0.2, 0) is 0 Å². The molecule has 3 heteroatoms. The lowest BCUT2D eigenvalue weighted by atomic mass is 11.1. The van der Waals surface area contributed by atoms with Crippen molar-refractivity contribution in [2.75, 3.05) is 0 Å². The second-order valence-electron chi connectivity index (χ2n) is 3.05. The van der Waals surface area contributed by atoms with E-state index in [0.29, 0.717) is 0 Å². The third-order valence-corrected chi connectivity index (χ3v) is 9.52. The van der Waals surface area contributed by atoms with Crippen LogP contribution >= 0.6 is 0 Å². The summed E-state index contributed by atoms with van der Waals surface area (Å²) in [6.45, 7) is 23.2. The quantitative estimate of drug-likeness (QED) is 0.583. The average Bonchev–Trinajstić information content (AvgIpc) is 2.30. The molecule has 0 saturated carbocycles. The molecule has 0 N–H and O–H groups in total. The molecule has 0 fully saturated rings. The van der Waals surface area contributed by atoms with Crippen LogP contribution in [0.2, 0.25) is 0 Å². The van der Waals surface area contributed by atoms with E-state index in [1.165, 1.54) is 0 Å². The molecule has 0 spiro atoms. The predicted molar refractivity (Wildman–Crippen MR) is 75.9 cm³/mol. The molecule has 80 valence electrons. The van der Waals surface area contributed by atoms with Crippen molar-refractivity contribution in [2.24, 2.45) is 0 Å². The maximum absolute atomic E-state index is 3.88. The van der Waals surface area contributed by atoms with Crippen molar-refractivity contribution < 1.29 is 0 Å². The zero-order valence-corrected chi connectivity index (χ0v) is 11.4. The Kier molecular flexibility index (Phi) is 5.66. The van der Waals surface area contributed by atoms with Gasteiger partial charge in [-0.15, -0.1) is 32.9 Å². The van der Waals surface area contributed by atoms with E-state index in [9.17, 15) is 0 Å². The SMILES string of the molecule is C=CN([SiH](C=C)C=C)[Si](C=C)(C=C)C=C. The van der Waals surface area contributed by atoms with Crippen LogP contribution in [0.1, 0.15) is 0 Å². The molecular weight excluding hydrogens is 214 g/mol. The summed E-state index contributed by atoms with van der Waals surface area (Å²) in [5.74, 6) is 0. The zero-order valence-electron chi connectivity index (χ0n) is 9.23. The molecule has 0 aliphatic rings. The Hall–Kier alpha value is -1.33. The molecule has 0 atom stereocenters. The van der Waals surface area contributed by atoms with Crippen molar-refractivity contribution in [3.05, 3.63) is 74.2 Å². The van der Waals surface area contributed by atoms with Gasteiger partial charge in [-0.3, -0.25) is 0 Å². The average molecular weight is 233 g/mol. The highest BCUT2D eigenvalue weighted by atomic mass is 28.4. The number of hydrogen-bond donors (Lipinski definition) is 0. The number of nitrogens with zero attached hydrogens (tertiary/aromatic N) is 1. The van der Waals surface area contributed by atoms with Crippen LogP contribution in [0.5, 0.6) is 0 Å². The fraction of sp³-hybridized carbons (Fsp3) is 0. The van der Waals surface area contributed by atoms with Gasteiger partial charge in [-0.2, -0.15) is 0 Å². The Morgan fingerprint density at radius 2 is 1.20 bits per heavy atom. The molecule has 0 radical (unpaired) electrons. The van der Waals surface area contributed by atoms with Gasteiger partial charge in [0, 0.05) is 0 Å². The predicted octanol–water partition coefficient (Wildman–Crippen LogP) is 2.73. The molecule has 0 aromatic rings. The maximum Gasteiger partial charge on any atom is 0.221 e. The monoisotopic (exact) mass is 233 g/mol. The van der Waals surface area contributed by atoms with Gasteiger partial charge in [0.1, 0.15) is 0 Å². The van der Waals surface area contributed by atoms with Crippen LogP contribution in [0, 0.1) is 0 Å². The van der Waals surface area contributed by atoms with Crippen LogP contribution in [-0.4, -0.2) is 21.4 Å². The molecule has 0 aromatic heterocycles. The van der Waals surface area contributed by atoms with Crippen molar-refractivity contribution in [2.45, 2.75) is 0 Å². The van der Waals surface area contributed by atoms with Gasteiger partial charge >= 0.3 is 0 Å². The van der Waals surface area contributed by atoms with Crippen LogP contribution in [0.25, 0.3) is 0 Å². The topological polar surface area (TPSA) is 3.24 Å². The van der Waals surface area contributed by atoms with Crippen LogP contribution in [0.4, 0.5) is 0 Å². The Morgan fingerprint density at radius 3 is 1.40 bits per heavy atom. The fourth-order valence-electron chi connectivity index (χ4n) is 1.43. The molecular formula is C12H19NSi2. The third-order valence-electron chi connectivity index (χ3n) is 2.43. The van der Waals surface area contributed by atoms with Crippen molar-refractivity contribution >= 4 is 17.2 Å². The van der Waals surface area contributed by atoms with E-state index in [1.54, 1.807) is 0 Å². The fourth-order valence-corrected chi connectivity index (χ4v) is 7.41. The summed E-state index contributed by atoms with van der Waals surface area (Å²) in [6.07, 6.45) is 1.83. The second kappa shape index (κ2) is 6.21. The molecule has 0 rings (SSSR count). The summed E-state index contributed by atoms with van der Waals surface area (Å²) in [4.78, 5) is 0. The van der Waals surface area contributed by atoms with Crippen molar-refractivity contribution in [3.8, 4) is 0 Å². The normalized spacial score (nSPS) is 10.2. The highest BCUT2D eigenvalue weighted by Crippen LogP contribution is 2.17. The van der Waals surface area contributed by atoms with E-state index in [1.807, 2.05) is 34.7 Å². The number of hydrogen-bond acceptors (Lipinski definition) is 1. The largest absolute Gasteiger partial charge is 0.418 e. The summed E-state index contributed by atoms with van der Waals surface area (Å²) in [5, 5.41) is 0. The minimum absolute atomic E-state index is 1.39. The van der Waals surface area contributed by atoms with Crippen LogP contribution in [0.3, 0.4) is 0 Å². The van der Waals surface area contributed by atoms with E-state index in [-0.39, 0.29) is 0 Å². The third kappa shape index (κ3) is 2.58. The lowest BCUT2D eigenvalue weighted by molar-refractivity contribution is 0.902. The summed E-state index contributed by atoms with van der Waals surface area (Å²) in [5.41, 5.74) is 9.70. The first-order valence-electron chi connectivity index (χ1n) is 4.72. The minimum atomic E-state index is -2.03. The number of rotatable bonds is 8. The zero-order chi connectivity index (χ0) is 11.9. The molecule has 15 heavy (non-hydrogen) atoms. The van der Waals surface area contributed by atoms with Crippen molar-refractivity contribution in [1.82, 2.24) is 4.23 Å². The summed E-state index contributed by atoms with van der Waals surface area (Å²) >= 11 is 0. The Morgan fingerprint density at radius 1 is 0.800 bits per heavy atom. The highest BCUT2D eigenvalue weighted by Gasteiger charge is 2.31. The van der Waals surface area contributed by atoms with Gasteiger partial charge in [-0.25, -0.2) is 0 Å². The van der Waals surface area contributed by atoms with Crippen molar-refractivity contribution in [1.29, 1.82) is 0 Å². The van der Waals surface area contributed by atoms with Crippen molar-refractivity contribution in [3.63, 3.8) is 0 Å². The molecule has 1 nitrogen and oxygen atoms in total. The first-order valence-corrected chi connectivity index (χ1v) is 8.75. The summed E-state index contributed by atoms with van der Waals surface area (Å²) < 4.78 is 2.21. The lowest BCUT2D eigenvalue weighted by Crippen LogP contribution is -2.52. The van der Waals surface area contributed by atoms with Gasteiger partial charge in [-0.05, 0) is 6.20 Å². The molecule has 0 amide bonds. The summed E-state index contributed by atoms with van der Waals surface area (Å²) in [6, 6.07) is 0. The molecule has 0 heterocycles. The standard InChI is InChI=1S/C12H19NSi2/c1-7-13(14(8-2)9-3)15(10-4,11-5)12-6/h7-12,14H,1-6H2. The van der Waals surface area contributed by atoms with Gasteiger partial charge in [0.15, 0.2) is 8.96 Å². The van der Waals surface area contributed by atoms with E-state index in [4.69, 9.17) is 0 Å². The van der Waals surface area contributed by atoms with E-state index < -0.39 is 17.2 Å². The van der Waals surface area contributed by atoms with Gasteiger partial charge < -0.3 is 4.23 Å². The van der Waals surface area contributed by atoms with Gasteiger partial charge in [0.2, 0.25) is 8.24 Å². The van der Waals surface area contributed by atoms with E-state index >= 15 is 0 Å². The molecule has 0 aliphatic carbocycles. The first-order chi connectivity index (χ1) is 7.15. The van der Waals surface area contributed by atoms with E-state index in [0.717, 1.165) is 0 Å². The second-order valence-corrected chi connectivity index (χ2v) is 9.56. The molecule has 0 unspecified atom stereocenters. The Labute approximate surface area is 95.9 Å².